The number of carbonyl (C=O) groups excluding carboxylic acids is 1. The summed E-state index contributed by atoms with van der Waals surface area (Å²) in [6.07, 6.45) is 0. The number of amides is 1. The number of hydrogen-bond acceptors (Lipinski definition) is 5. The standard InChI is InChI=1S/C16H19N7O.2ClH/c1-10-7-11(2)23(22-10)9-15(24)18-13-5-3-12(4-6-13)16-19-14(8-17)20-21-16;;/h3-7H,8-9,17H2,1-2H3,(H,18,24)(H,19,20,21);2*1H. The first-order valence-electron chi connectivity index (χ1n) is 7.58. The van der Waals surface area contributed by atoms with E-state index in [2.05, 4.69) is 25.6 Å². The van der Waals surface area contributed by atoms with E-state index < -0.39 is 0 Å². The largest absolute Gasteiger partial charge is 0.324 e. The molecular formula is C16H21Cl2N7O. The van der Waals surface area contributed by atoms with Crippen LogP contribution < -0.4 is 11.1 Å². The van der Waals surface area contributed by atoms with Crippen LogP contribution in [0.1, 0.15) is 17.2 Å². The Labute approximate surface area is 163 Å². The molecule has 3 rings (SSSR count). The third-order valence-corrected chi connectivity index (χ3v) is 3.55. The van der Waals surface area contributed by atoms with Crippen LogP contribution in [-0.2, 0) is 17.9 Å². The molecule has 0 radical (unpaired) electrons. The Morgan fingerprint density at radius 1 is 1.23 bits per heavy atom. The van der Waals surface area contributed by atoms with Gasteiger partial charge in [0.05, 0.1) is 12.2 Å². The summed E-state index contributed by atoms with van der Waals surface area (Å²) in [6, 6.07) is 9.26. The van der Waals surface area contributed by atoms with E-state index in [1.54, 1.807) is 4.68 Å². The van der Waals surface area contributed by atoms with Crippen LogP contribution in [0.25, 0.3) is 11.4 Å². The fraction of sp³-hybridized carbons (Fsp3) is 0.250. The van der Waals surface area contributed by atoms with E-state index in [0.29, 0.717) is 23.9 Å². The number of hydrogen-bond donors (Lipinski definition) is 3. The average Bonchev–Trinajstić information content (AvgIpc) is 3.15. The zero-order valence-corrected chi connectivity index (χ0v) is 16.0. The van der Waals surface area contributed by atoms with E-state index in [1.165, 1.54) is 0 Å². The van der Waals surface area contributed by atoms with Crippen molar-refractivity contribution in [2.75, 3.05) is 5.32 Å². The molecule has 2 heterocycles. The maximum Gasteiger partial charge on any atom is 0.246 e. The number of anilines is 1. The van der Waals surface area contributed by atoms with E-state index in [9.17, 15) is 4.79 Å². The molecule has 140 valence electrons. The zero-order valence-electron chi connectivity index (χ0n) is 14.4. The van der Waals surface area contributed by atoms with Crippen LogP contribution in [0.4, 0.5) is 5.69 Å². The topological polar surface area (TPSA) is 115 Å². The van der Waals surface area contributed by atoms with Crippen molar-refractivity contribution in [2.45, 2.75) is 26.9 Å². The number of aromatic amines is 1. The van der Waals surface area contributed by atoms with Crippen molar-refractivity contribution in [1.29, 1.82) is 0 Å². The van der Waals surface area contributed by atoms with E-state index in [4.69, 9.17) is 5.73 Å². The van der Waals surface area contributed by atoms with Crippen LogP contribution in [0.5, 0.6) is 0 Å². The van der Waals surface area contributed by atoms with E-state index in [0.717, 1.165) is 17.0 Å². The molecule has 0 saturated heterocycles. The van der Waals surface area contributed by atoms with Crippen LogP contribution in [0, 0.1) is 13.8 Å². The number of benzene rings is 1. The first kappa shape index (κ1) is 21.6. The lowest BCUT2D eigenvalue weighted by molar-refractivity contribution is -0.116. The molecule has 3 aromatic rings. The molecule has 0 fully saturated rings. The van der Waals surface area contributed by atoms with Gasteiger partial charge in [-0.2, -0.15) is 10.2 Å². The lowest BCUT2D eigenvalue weighted by Crippen LogP contribution is -2.20. The predicted octanol–water partition coefficient (Wildman–Crippen LogP) is 2.23. The molecule has 1 amide bonds. The van der Waals surface area contributed by atoms with Gasteiger partial charge in [0.15, 0.2) is 5.82 Å². The fourth-order valence-electron chi connectivity index (χ4n) is 2.39. The third-order valence-electron chi connectivity index (χ3n) is 3.55. The number of nitrogens with one attached hydrogen (secondary N) is 2. The summed E-state index contributed by atoms with van der Waals surface area (Å²) in [4.78, 5) is 16.4. The molecule has 10 heteroatoms. The number of nitrogens with two attached hydrogens (primary N) is 1. The van der Waals surface area contributed by atoms with E-state index in [1.807, 2.05) is 44.2 Å². The minimum atomic E-state index is -0.128. The maximum absolute atomic E-state index is 12.1. The molecule has 0 saturated carbocycles. The SMILES string of the molecule is Cc1cc(C)n(CC(=O)Nc2ccc(-c3n[nH]c(CN)n3)cc2)n1.Cl.Cl. The molecule has 0 aliphatic rings. The van der Waals surface area contributed by atoms with Crippen LogP contribution >= 0.6 is 24.8 Å². The minimum absolute atomic E-state index is 0. The summed E-state index contributed by atoms with van der Waals surface area (Å²) in [7, 11) is 0. The van der Waals surface area contributed by atoms with Crippen molar-refractivity contribution in [3.8, 4) is 11.4 Å². The van der Waals surface area contributed by atoms with Gasteiger partial charge in [-0.3, -0.25) is 14.6 Å². The lowest BCUT2D eigenvalue weighted by atomic mass is 10.2. The lowest BCUT2D eigenvalue weighted by Gasteiger charge is -2.07. The average molecular weight is 398 g/mol. The third kappa shape index (κ3) is 5.04. The fourth-order valence-corrected chi connectivity index (χ4v) is 2.39. The molecule has 1 aromatic carbocycles. The summed E-state index contributed by atoms with van der Waals surface area (Å²) in [6.45, 7) is 4.32. The van der Waals surface area contributed by atoms with Crippen molar-refractivity contribution < 1.29 is 4.79 Å². The smallest absolute Gasteiger partial charge is 0.246 e. The minimum Gasteiger partial charge on any atom is -0.324 e. The van der Waals surface area contributed by atoms with Crippen LogP contribution in [0.3, 0.4) is 0 Å². The summed E-state index contributed by atoms with van der Waals surface area (Å²) in [5.41, 5.74) is 8.92. The zero-order chi connectivity index (χ0) is 17.1. The number of H-pyrrole nitrogens is 1. The molecule has 26 heavy (non-hydrogen) atoms. The van der Waals surface area contributed by atoms with Gasteiger partial charge >= 0.3 is 0 Å². The predicted molar refractivity (Wildman–Crippen MR) is 105 cm³/mol. The van der Waals surface area contributed by atoms with E-state index in [-0.39, 0.29) is 37.3 Å². The highest BCUT2D eigenvalue weighted by Crippen LogP contribution is 2.18. The van der Waals surface area contributed by atoms with Crippen LogP contribution in [-0.4, -0.2) is 30.9 Å². The number of halogens is 2. The monoisotopic (exact) mass is 397 g/mol. The summed E-state index contributed by atoms with van der Waals surface area (Å²) >= 11 is 0. The van der Waals surface area contributed by atoms with Gasteiger partial charge in [-0.05, 0) is 44.2 Å². The van der Waals surface area contributed by atoms with Crippen molar-refractivity contribution >= 4 is 36.4 Å². The van der Waals surface area contributed by atoms with Crippen molar-refractivity contribution in [1.82, 2.24) is 25.0 Å². The van der Waals surface area contributed by atoms with Gasteiger partial charge in [-0.25, -0.2) is 4.98 Å². The highest BCUT2D eigenvalue weighted by molar-refractivity contribution is 5.90. The number of carbonyl (C=O) groups is 1. The Balaban J connectivity index is 0.00000169. The highest BCUT2D eigenvalue weighted by Gasteiger charge is 2.09. The Hall–Kier alpha value is -2.42. The number of aromatic nitrogens is 5. The first-order chi connectivity index (χ1) is 11.5. The van der Waals surface area contributed by atoms with Crippen molar-refractivity contribution in [2.24, 2.45) is 5.73 Å². The molecule has 8 nitrogen and oxygen atoms in total. The Kier molecular flexibility index (Phi) is 7.76. The van der Waals surface area contributed by atoms with Gasteiger partial charge in [-0.1, -0.05) is 0 Å². The Bertz CT molecular complexity index is 858. The second-order valence-corrected chi connectivity index (χ2v) is 5.52. The van der Waals surface area contributed by atoms with Crippen molar-refractivity contribution in [3.05, 3.63) is 47.5 Å². The molecule has 0 spiro atoms. The molecule has 0 aliphatic carbocycles. The van der Waals surface area contributed by atoms with Gasteiger partial charge in [0.1, 0.15) is 12.4 Å². The summed E-state index contributed by atoms with van der Waals surface area (Å²) in [5, 5.41) is 14.0. The van der Waals surface area contributed by atoms with Gasteiger partial charge in [0.25, 0.3) is 0 Å². The van der Waals surface area contributed by atoms with Gasteiger partial charge < -0.3 is 11.1 Å². The highest BCUT2D eigenvalue weighted by atomic mass is 35.5. The van der Waals surface area contributed by atoms with Gasteiger partial charge in [-0.15, -0.1) is 24.8 Å². The quantitative estimate of drug-likeness (QED) is 0.610. The van der Waals surface area contributed by atoms with Crippen molar-refractivity contribution in [3.63, 3.8) is 0 Å². The van der Waals surface area contributed by atoms with Gasteiger partial charge in [0, 0.05) is 16.9 Å². The second kappa shape index (κ2) is 9.33. The van der Waals surface area contributed by atoms with Crippen LogP contribution in [0.15, 0.2) is 30.3 Å². The Morgan fingerprint density at radius 3 is 2.46 bits per heavy atom. The molecule has 0 bridgehead atoms. The number of nitrogens with zero attached hydrogens (tertiary/aromatic N) is 4. The number of aryl methyl sites for hydroxylation is 2. The summed E-state index contributed by atoms with van der Waals surface area (Å²) in [5.74, 6) is 1.08. The van der Waals surface area contributed by atoms with Crippen LogP contribution in [0.2, 0.25) is 0 Å². The number of rotatable bonds is 5. The first-order valence-corrected chi connectivity index (χ1v) is 7.58. The maximum atomic E-state index is 12.1. The summed E-state index contributed by atoms with van der Waals surface area (Å²) < 4.78 is 1.68. The molecular weight excluding hydrogens is 377 g/mol. The molecule has 2 aromatic heterocycles. The van der Waals surface area contributed by atoms with Gasteiger partial charge in [0.2, 0.25) is 5.91 Å². The normalized spacial score (nSPS) is 9.96. The van der Waals surface area contributed by atoms with E-state index >= 15 is 0 Å². The molecule has 4 N–H and O–H groups in total. The molecule has 0 aliphatic heterocycles. The Morgan fingerprint density at radius 2 is 1.92 bits per heavy atom. The second-order valence-electron chi connectivity index (χ2n) is 5.52. The molecule has 0 atom stereocenters. The molecule has 0 unspecified atom stereocenters.